The molecule has 0 fully saturated rings. The smallest absolute Gasteiger partial charge is 0.416 e. The number of carbonyl (C=O) groups is 2. The number of ketones is 1. The summed E-state index contributed by atoms with van der Waals surface area (Å²) in [6.07, 6.45) is -3.69. The van der Waals surface area contributed by atoms with Gasteiger partial charge in [0, 0.05) is 11.8 Å². The Morgan fingerprint density at radius 2 is 2.00 bits per heavy atom. The van der Waals surface area contributed by atoms with E-state index in [1.165, 1.54) is 0 Å². The van der Waals surface area contributed by atoms with Gasteiger partial charge in [-0.3, -0.25) is 14.6 Å². The number of hydrogen-bond donors (Lipinski definition) is 1. The SMILES string of the molecule is O=C(O)C1C=Nc2cc(C(F)(F)F)ccc2C1=O. The molecule has 0 amide bonds. The van der Waals surface area contributed by atoms with Crippen LogP contribution in [0.5, 0.6) is 0 Å². The highest BCUT2D eigenvalue weighted by Gasteiger charge is 2.34. The van der Waals surface area contributed by atoms with Gasteiger partial charge >= 0.3 is 12.1 Å². The number of Topliss-reactive ketones (excluding diaryl/α,β-unsaturated/α-hetero) is 1. The van der Waals surface area contributed by atoms with Crippen LogP contribution in [0.1, 0.15) is 15.9 Å². The minimum Gasteiger partial charge on any atom is -0.480 e. The van der Waals surface area contributed by atoms with Crippen LogP contribution in [-0.4, -0.2) is 23.1 Å². The Morgan fingerprint density at radius 1 is 1.33 bits per heavy atom. The van der Waals surface area contributed by atoms with E-state index in [-0.39, 0.29) is 11.3 Å². The average Bonchev–Trinajstić information content (AvgIpc) is 2.27. The van der Waals surface area contributed by atoms with Crippen LogP contribution in [-0.2, 0) is 11.0 Å². The molecule has 94 valence electrons. The largest absolute Gasteiger partial charge is 0.480 e. The molecule has 7 heteroatoms. The van der Waals surface area contributed by atoms with Gasteiger partial charge in [0.15, 0.2) is 11.7 Å². The van der Waals surface area contributed by atoms with Crippen LogP contribution < -0.4 is 0 Å². The highest BCUT2D eigenvalue weighted by Crippen LogP contribution is 2.35. The van der Waals surface area contributed by atoms with Gasteiger partial charge in [-0.1, -0.05) is 0 Å². The van der Waals surface area contributed by atoms with Gasteiger partial charge in [0.05, 0.1) is 11.3 Å². The highest BCUT2D eigenvalue weighted by atomic mass is 19.4. The van der Waals surface area contributed by atoms with Crippen molar-refractivity contribution < 1.29 is 27.9 Å². The summed E-state index contributed by atoms with van der Waals surface area (Å²) >= 11 is 0. The molecule has 0 saturated heterocycles. The van der Waals surface area contributed by atoms with Crippen molar-refractivity contribution >= 4 is 23.7 Å². The monoisotopic (exact) mass is 257 g/mol. The Labute approximate surface area is 98.8 Å². The first-order valence-corrected chi connectivity index (χ1v) is 4.83. The minimum atomic E-state index is -4.53. The van der Waals surface area contributed by atoms with E-state index in [1.54, 1.807) is 0 Å². The fraction of sp³-hybridized carbons (Fsp3) is 0.182. The third-order valence-corrected chi connectivity index (χ3v) is 2.50. The Morgan fingerprint density at radius 3 is 2.56 bits per heavy atom. The molecular formula is C11H6F3NO3. The van der Waals surface area contributed by atoms with Crippen LogP contribution in [0.3, 0.4) is 0 Å². The molecule has 0 aliphatic carbocycles. The van der Waals surface area contributed by atoms with E-state index >= 15 is 0 Å². The molecule has 0 bridgehead atoms. The average molecular weight is 257 g/mol. The molecule has 0 spiro atoms. The van der Waals surface area contributed by atoms with E-state index in [0.29, 0.717) is 0 Å². The van der Waals surface area contributed by atoms with Crippen molar-refractivity contribution in [3.8, 4) is 0 Å². The summed E-state index contributed by atoms with van der Waals surface area (Å²) in [5, 5.41) is 8.73. The predicted molar refractivity (Wildman–Crippen MR) is 55.1 cm³/mol. The fourth-order valence-corrected chi connectivity index (χ4v) is 1.59. The quantitative estimate of drug-likeness (QED) is 0.785. The highest BCUT2D eigenvalue weighted by molar-refractivity contribution is 6.22. The number of nitrogens with zero attached hydrogens (tertiary/aromatic N) is 1. The molecule has 1 atom stereocenters. The second kappa shape index (κ2) is 3.94. The molecule has 0 saturated carbocycles. The van der Waals surface area contributed by atoms with E-state index in [0.717, 1.165) is 24.4 Å². The molecule has 4 nitrogen and oxygen atoms in total. The number of carbonyl (C=O) groups excluding carboxylic acids is 1. The summed E-state index contributed by atoms with van der Waals surface area (Å²) < 4.78 is 37.3. The summed E-state index contributed by atoms with van der Waals surface area (Å²) in [6, 6.07) is 2.41. The number of benzene rings is 1. The lowest BCUT2D eigenvalue weighted by Crippen LogP contribution is -2.27. The first kappa shape index (κ1) is 12.3. The number of fused-ring (bicyclic) bond motifs is 1. The summed E-state index contributed by atoms with van der Waals surface area (Å²) in [5.74, 6) is -3.58. The van der Waals surface area contributed by atoms with Crippen molar-refractivity contribution in [3.05, 3.63) is 29.3 Å². The second-order valence-electron chi connectivity index (χ2n) is 3.69. The molecular weight excluding hydrogens is 251 g/mol. The third kappa shape index (κ3) is 1.99. The number of hydrogen-bond acceptors (Lipinski definition) is 3. The standard InChI is InChI=1S/C11H6F3NO3/c12-11(13,14)5-1-2-6-8(3-5)15-4-7(9(6)16)10(17)18/h1-4,7H,(H,17,18). The number of aliphatic imine (C=N–C) groups is 1. The molecule has 0 aromatic heterocycles. The Balaban J connectivity index is 2.48. The molecule has 1 heterocycles. The van der Waals surface area contributed by atoms with Crippen LogP contribution in [0.25, 0.3) is 0 Å². The van der Waals surface area contributed by atoms with E-state index in [9.17, 15) is 22.8 Å². The number of alkyl halides is 3. The molecule has 1 aromatic carbocycles. The normalized spacial score (nSPS) is 18.6. The molecule has 2 rings (SSSR count). The van der Waals surface area contributed by atoms with E-state index in [4.69, 9.17) is 5.11 Å². The maximum atomic E-state index is 12.4. The topological polar surface area (TPSA) is 66.7 Å². The maximum Gasteiger partial charge on any atom is 0.416 e. The summed E-state index contributed by atoms with van der Waals surface area (Å²) in [7, 11) is 0. The zero-order valence-electron chi connectivity index (χ0n) is 8.73. The van der Waals surface area contributed by atoms with Crippen LogP contribution in [0, 0.1) is 5.92 Å². The van der Waals surface area contributed by atoms with Crippen molar-refractivity contribution in [2.45, 2.75) is 6.18 Å². The Hall–Kier alpha value is -2.18. The van der Waals surface area contributed by atoms with Crippen molar-refractivity contribution in [2.75, 3.05) is 0 Å². The van der Waals surface area contributed by atoms with E-state index in [1.807, 2.05) is 0 Å². The first-order valence-electron chi connectivity index (χ1n) is 4.83. The maximum absolute atomic E-state index is 12.4. The molecule has 1 unspecified atom stereocenters. The van der Waals surface area contributed by atoms with E-state index < -0.39 is 29.4 Å². The Bertz CT molecular complexity index is 563. The molecule has 1 aliphatic rings. The van der Waals surface area contributed by atoms with Crippen molar-refractivity contribution in [2.24, 2.45) is 10.9 Å². The van der Waals surface area contributed by atoms with Gasteiger partial charge in [-0.05, 0) is 18.2 Å². The number of rotatable bonds is 1. The van der Waals surface area contributed by atoms with Crippen LogP contribution >= 0.6 is 0 Å². The van der Waals surface area contributed by atoms with Gasteiger partial charge in [0.1, 0.15) is 0 Å². The number of halogens is 3. The number of carboxylic acid groups (broad SMARTS) is 1. The zero-order valence-corrected chi connectivity index (χ0v) is 8.73. The number of aliphatic carboxylic acids is 1. The van der Waals surface area contributed by atoms with Gasteiger partial charge in [-0.25, -0.2) is 0 Å². The van der Waals surface area contributed by atoms with E-state index in [2.05, 4.69) is 4.99 Å². The summed E-state index contributed by atoms with van der Waals surface area (Å²) in [6.45, 7) is 0. The lowest BCUT2D eigenvalue weighted by Gasteiger charge is -2.15. The van der Waals surface area contributed by atoms with Crippen molar-refractivity contribution in [1.29, 1.82) is 0 Å². The molecule has 0 radical (unpaired) electrons. The van der Waals surface area contributed by atoms with Gasteiger partial charge in [0.25, 0.3) is 0 Å². The molecule has 18 heavy (non-hydrogen) atoms. The first-order chi connectivity index (χ1) is 8.30. The number of carboxylic acids is 1. The zero-order chi connectivity index (χ0) is 13.5. The predicted octanol–water partition coefficient (Wildman–Crippen LogP) is 2.30. The lowest BCUT2D eigenvalue weighted by atomic mass is 9.93. The summed E-state index contributed by atoms with van der Waals surface area (Å²) in [4.78, 5) is 26.0. The van der Waals surface area contributed by atoms with Crippen molar-refractivity contribution in [3.63, 3.8) is 0 Å². The van der Waals surface area contributed by atoms with Gasteiger partial charge in [-0.2, -0.15) is 13.2 Å². The minimum absolute atomic E-state index is 0.113. The van der Waals surface area contributed by atoms with Crippen molar-refractivity contribution in [1.82, 2.24) is 0 Å². The molecule has 1 aliphatic heterocycles. The Kier molecular flexibility index (Phi) is 2.68. The van der Waals surface area contributed by atoms with Crippen LogP contribution in [0.2, 0.25) is 0 Å². The van der Waals surface area contributed by atoms with Crippen LogP contribution in [0.15, 0.2) is 23.2 Å². The van der Waals surface area contributed by atoms with Gasteiger partial charge < -0.3 is 5.11 Å². The fourth-order valence-electron chi connectivity index (χ4n) is 1.59. The lowest BCUT2D eigenvalue weighted by molar-refractivity contribution is -0.138. The summed E-state index contributed by atoms with van der Waals surface area (Å²) in [5.41, 5.74) is -1.20. The van der Waals surface area contributed by atoms with Crippen LogP contribution in [0.4, 0.5) is 18.9 Å². The van der Waals surface area contributed by atoms with Gasteiger partial charge in [0.2, 0.25) is 0 Å². The molecule has 1 N–H and O–H groups in total. The van der Waals surface area contributed by atoms with Gasteiger partial charge in [-0.15, -0.1) is 0 Å². The molecule has 1 aromatic rings. The second-order valence-corrected chi connectivity index (χ2v) is 3.69. The third-order valence-electron chi connectivity index (χ3n) is 2.50.